The van der Waals surface area contributed by atoms with Gasteiger partial charge in [-0.2, -0.15) is 0 Å². The Hall–Kier alpha value is -3.10. The Labute approximate surface area is 173 Å². The van der Waals surface area contributed by atoms with Crippen LogP contribution in [0.15, 0.2) is 36.8 Å². The Bertz CT molecular complexity index is 876. The number of halogens is 2. The van der Waals surface area contributed by atoms with Gasteiger partial charge >= 0.3 is 0 Å². The topological polar surface area (TPSA) is 93.2 Å². The van der Waals surface area contributed by atoms with Gasteiger partial charge < -0.3 is 15.4 Å². The molecule has 2 N–H and O–H groups in total. The molecule has 30 heavy (non-hydrogen) atoms. The smallest absolute Gasteiger partial charge is 0.272 e. The van der Waals surface area contributed by atoms with Crippen LogP contribution in [-0.2, 0) is 4.79 Å². The number of hydrogen-bond donors (Lipinski definition) is 2. The summed E-state index contributed by atoms with van der Waals surface area (Å²) in [5, 5.41) is 5.75. The number of carbonyl (C=O) groups excluding carboxylic acids is 2. The second-order valence-corrected chi connectivity index (χ2v) is 7.31. The maximum atomic E-state index is 12.4. The molecule has 7 nitrogen and oxygen atoms in total. The van der Waals surface area contributed by atoms with Crippen LogP contribution in [0.25, 0.3) is 0 Å². The number of amides is 2. The van der Waals surface area contributed by atoms with Gasteiger partial charge in [0.05, 0.1) is 6.04 Å². The van der Waals surface area contributed by atoms with Gasteiger partial charge in [0, 0.05) is 42.7 Å². The molecule has 1 saturated carbocycles. The number of hydrogen-bond acceptors (Lipinski definition) is 5. The highest BCUT2D eigenvalue weighted by Gasteiger charge is 2.26. The molecule has 0 radical (unpaired) electrons. The molecule has 0 bridgehead atoms. The highest BCUT2D eigenvalue weighted by Crippen LogP contribution is 2.32. The maximum Gasteiger partial charge on any atom is 0.272 e. The zero-order chi connectivity index (χ0) is 21.5. The number of carbonyl (C=O) groups is 2. The lowest BCUT2D eigenvalue weighted by atomic mass is 10.1. The van der Waals surface area contributed by atoms with Gasteiger partial charge in [-0.05, 0) is 49.4 Å². The standard InChI is InChI=1S/C21H24F2N4O3/c1-13-8-16(10-26-21(13)30-12-18(22)23)17(27-19(28)9-14-2-3-14)11-25-20(29)15-4-6-24-7-5-15/h4-8,10,14,17-18H,2-3,9,11-12H2,1H3,(H,25,29)(H,27,28). The number of nitrogens with zero attached hydrogens (tertiary/aromatic N) is 2. The Kier molecular flexibility index (Phi) is 7.26. The predicted octanol–water partition coefficient (Wildman–Crippen LogP) is 2.82. The zero-order valence-corrected chi connectivity index (χ0v) is 16.6. The first kappa shape index (κ1) is 21.6. The molecule has 160 valence electrons. The first-order valence-electron chi connectivity index (χ1n) is 9.77. The second-order valence-electron chi connectivity index (χ2n) is 7.31. The fourth-order valence-corrected chi connectivity index (χ4v) is 2.96. The van der Waals surface area contributed by atoms with E-state index >= 15 is 0 Å². The lowest BCUT2D eigenvalue weighted by Gasteiger charge is -2.21. The number of aryl methyl sites for hydroxylation is 1. The van der Waals surface area contributed by atoms with Crippen molar-refractivity contribution in [2.75, 3.05) is 13.2 Å². The summed E-state index contributed by atoms with van der Waals surface area (Å²) < 4.78 is 29.8. The van der Waals surface area contributed by atoms with Crippen LogP contribution in [0.3, 0.4) is 0 Å². The third kappa shape index (κ3) is 6.47. The lowest BCUT2D eigenvalue weighted by molar-refractivity contribution is -0.122. The summed E-state index contributed by atoms with van der Waals surface area (Å²) in [4.78, 5) is 32.7. The molecule has 1 aliphatic carbocycles. The van der Waals surface area contributed by atoms with Crippen molar-refractivity contribution in [1.29, 1.82) is 0 Å². The van der Waals surface area contributed by atoms with Gasteiger partial charge in [0.25, 0.3) is 12.3 Å². The third-order valence-electron chi connectivity index (χ3n) is 4.72. The van der Waals surface area contributed by atoms with Gasteiger partial charge in [-0.1, -0.05) is 0 Å². The Morgan fingerprint density at radius 2 is 2.00 bits per heavy atom. The molecule has 2 heterocycles. The molecule has 3 rings (SSSR count). The van der Waals surface area contributed by atoms with Crippen molar-refractivity contribution < 1.29 is 23.1 Å². The second kappa shape index (κ2) is 10.1. The quantitative estimate of drug-likeness (QED) is 0.619. The van der Waals surface area contributed by atoms with Crippen molar-refractivity contribution >= 4 is 11.8 Å². The molecule has 1 aliphatic rings. The normalized spacial score (nSPS) is 14.3. The van der Waals surface area contributed by atoms with Crippen LogP contribution in [-0.4, -0.2) is 41.4 Å². The zero-order valence-electron chi connectivity index (χ0n) is 16.6. The number of nitrogens with one attached hydrogen (secondary N) is 2. The first-order chi connectivity index (χ1) is 14.4. The van der Waals surface area contributed by atoms with Crippen molar-refractivity contribution in [3.8, 4) is 5.88 Å². The van der Waals surface area contributed by atoms with Crippen molar-refractivity contribution in [2.24, 2.45) is 5.92 Å². The van der Waals surface area contributed by atoms with E-state index in [1.54, 1.807) is 25.1 Å². The average Bonchev–Trinajstić information content (AvgIpc) is 3.54. The number of aromatic nitrogens is 2. The molecule has 1 atom stereocenters. The van der Waals surface area contributed by atoms with Crippen molar-refractivity contribution in [1.82, 2.24) is 20.6 Å². The van der Waals surface area contributed by atoms with E-state index in [1.807, 2.05) is 0 Å². The molecular formula is C21H24F2N4O3. The fourth-order valence-electron chi connectivity index (χ4n) is 2.96. The van der Waals surface area contributed by atoms with E-state index in [0.29, 0.717) is 29.0 Å². The minimum Gasteiger partial charge on any atom is -0.471 e. The van der Waals surface area contributed by atoms with Crippen LogP contribution in [0.2, 0.25) is 0 Å². The first-order valence-corrected chi connectivity index (χ1v) is 9.77. The van der Waals surface area contributed by atoms with Crippen LogP contribution in [0, 0.1) is 12.8 Å². The fraction of sp³-hybridized carbons (Fsp3) is 0.429. The molecule has 0 saturated heterocycles. The molecule has 0 spiro atoms. The van der Waals surface area contributed by atoms with E-state index in [-0.39, 0.29) is 24.2 Å². The summed E-state index contributed by atoms with van der Waals surface area (Å²) in [6.45, 7) is 1.10. The van der Waals surface area contributed by atoms with E-state index < -0.39 is 19.1 Å². The Morgan fingerprint density at radius 3 is 2.63 bits per heavy atom. The lowest BCUT2D eigenvalue weighted by Crippen LogP contribution is -2.38. The Morgan fingerprint density at radius 1 is 1.27 bits per heavy atom. The van der Waals surface area contributed by atoms with Crippen LogP contribution in [0.4, 0.5) is 8.78 Å². The number of ether oxygens (including phenoxy) is 1. The highest BCUT2D eigenvalue weighted by atomic mass is 19.3. The van der Waals surface area contributed by atoms with Crippen molar-refractivity contribution in [3.63, 3.8) is 0 Å². The van der Waals surface area contributed by atoms with Gasteiger partial charge in [-0.3, -0.25) is 14.6 Å². The molecule has 9 heteroatoms. The summed E-state index contributed by atoms with van der Waals surface area (Å²) in [5.41, 5.74) is 1.67. The molecule has 1 unspecified atom stereocenters. The van der Waals surface area contributed by atoms with E-state index in [4.69, 9.17) is 4.74 Å². The number of pyridine rings is 2. The molecule has 2 aromatic rings. The molecule has 1 fully saturated rings. The third-order valence-corrected chi connectivity index (χ3v) is 4.72. The Balaban J connectivity index is 1.70. The largest absolute Gasteiger partial charge is 0.471 e. The molecule has 2 aromatic heterocycles. The van der Waals surface area contributed by atoms with Gasteiger partial charge in [0.2, 0.25) is 11.8 Å². The highest BCUT2D eigenvalue weighted by molar-refractivity contribution is 5.94. The van der Waals surface area contributed by atoms with Crippen LogP contribution in [0.5, 0.6) is 5.88 Å². The van der Waals surface area contributed by atoms with E-state index in [2.05, 4.69) is 20.6 Å². The van der Waals surface area contributed by atoms with Gasteiger partial charge in [0.15, 0.2) is 6.61 Å². The molecule has 0 aromatic carbocycles. The SMILES string of the molecule is Cc1cc(C(CNC(=O)c2ccncc2)NC(=O)CC2CC2)cnc1OCC(F)F. The average molecular weight is 418 g/mol. The van der Waals surface area contributed by atoms with E-state index in [0.717, 1.165) is 12.8 Å². The minimum atomic E-state index is -2.59. The van der Waals surface area contributed by atoms with Crippen LogP contribution < -0.4 is 15.4 Å². The van der Waals surface area contributed by atoms with Crippen molar-refractivity contribution in [3.05, 3.63) is 53.5 Å². The monoisotopic (exact) mass is 418 g/mol. The summed E-state index contributed by atoms with van der Waals surface area (Å²) in [7, 11) is 0. The predicted molar refractivity (Wildman–Crippen MR) is 105 cm³/mol. The van der Waals surface area contributed by atoms with Gasteiger partial charge in [-0.15, -0.1) is 0 Å². The van der Waals surface area contributed by atoms with Gasteiger partial charge in [0.1, 0.15) is 0 Å². The van der Waals surface area contributed by atoms with Crippen LogP contribution >= 0.6 is 0 Å². The van der Waals surface area contributed by atoms with E-state index in [9.17, 15) is 18.4 Å². The summed E-state index contributed by atoms with van der Waals surface area (Å²) >= 11 is 0. The summed E-state index contributed by atoms with van der Waals surface area (Å²) in [5.74, 6) is 0.140. The summed E-state index contributed by atoms with van der Waals surface area (Å²) in [6, 6.07) is 4.39. The minimum absolute atomic E-state index is 0.101. The van der Waals surface area contributed by atoms with Gasteiger partial charge in [-0.25, -0.2) is 13.8 Å². The maximum absolute atomic E-state index is 12.4. The molecular weight excluding hydrogens is 394 g/mol. The summed E-state index contributed by atoms with van der Waals surface area (Å²) in [6.07, 6.45) is 4.46. The molecule has 2 amide bonds. The van der Waals surface area contributed by atoms with E-state index in [1.165, 1.54) is 18.6 Å². The molecule has 0 aliphatic heterocycles. The number of rotatable bonds is 10. The van der Waals surface area contributed by atoms with Crippen LogP contribution in [0.1, 0.15) is 46.8 Å². The number of alkyl halides is 2. The van der Waals surface area contributed by atoms with Crippen molar-refractivity contribution in [2.45, 2.75) is 38.7 Å².